The summed E-state index contributed by atoms with van der Waals surface area (Å²) in [6.45, 7) is 1.72. The summed E-state index contributed by atoms with van der Waals surface area (Å²) in [6, 6.07) is 1.95. The number of nitrogens with two attached hydrogens (primary N) is 1. The first-order valence-electron chi connectivity index (χ1n) is 5.90. The lowest BCUT2D eigenvalue weighted by molar-refractivity contribution is 0.500. The van der Waals surface area contributed by atoms with Crippen LogP contribution in [0.3, 0.4) is 0 Å². The van der Waals surface area contributed by atoms with Crippen molar-refractivity contribution < 1.29 is 4.42 Å². The molecule has 1 aliphatic heterocycles. The molecule has 1 unspecified atom stereocenters. The average molecular weight is 268 g/mol. The SMILES string of the molecule is NC1CCCN(c2n[nH]c(-c3ccoc3Cl)n2)C1. The molecular weight excluding hydrogens is 254 g/mol. The van der Waals surface area contributed by atoms with Gasteiger partial charge in [-0.05, 0) is 30.5 Å². The number of furan rings is 1. The molecule has 0 radical (unpaired) electrons. The zero-order chi connectivity index (χ0) is 12.5. The lowest BCUT2D eigenvalue weighted by Crippen LogP contribution is -2.43. The molecule has 1 aliphatic rings. The van der Waals surface area contributed by atoms with Gasteiger partial charge in [-0.15, -0.1) is 5.10 Å². The Morgan fingerprint density at radius 1 is 1.56 bits per heavy atom. The second-order valence-corrected chi connectivity index (χ2v) is 4.78. The highest BCUT2D eigenvalue weighted by Crippen LogP contribution is 2.27. The molecule has 1 atom stereocenters. The molecule has 1 saturated heterocycles. The highest BCUT2D eigenvalue weighted by atomic mass is 35.5. The minimum absolute atomic E-state index is 0.193. The van der Waals surface area contributed by atoms with E-state index in [-0.39, 0.29) is 6.04 Å². The van der Waals surface area contributed by atoms with Crippen LogP contribution in [-0.2, 0) is 0 Å². The Kier molecular flexibility index (Phi) is 2.97. The Balaban J connectivity index is 1.83. The van der Waals surface area contributed by atoms with Crippen LogP contribution in [0.15, 0.2) is 16.7 Å². The van der Waals surface area contributed by atoms with Gasteiger partial charge in [-0.1, -0.05) is 0 Å². The molecule has 0 aromatic carbocycles. The molecule has 0 aliphatic carbocycles. The number of aromatic nitrogens is 3. The van der Waals surface area contributed by atoms with Gasteiger partial charge in [0.05, 0.1) is 11.8 Å². The molecule has 96 valence electrons. The van der Waals surface area contributed by atoms with E-state index in [0.717, 1.165) is 31.5 Å². The van der Waals surface area contributed by atoms with Crippen molar-refractivity contribution in [1.82, 2.24) is 15.2 Å². The van der Waals surface area contributed by atoms with Gasteiger partial charge in [-0.2, -0.15) is 4.98 Å². The fourth-order valence-electron chi connectivity index (χ4n) is 2.17. The molecule has 0 spiro atoms. The number of rotatable bonds is 2. The standard InChI is InChI=1S/C11H14ClN5O/c12-9-8(3-5-18-9)10-14-11(16-15-10)17-4-1-2-7(13)6-17/h3,5,7H,1-2,4,6,13H2,(H,14,15,16). The number of hydrogen-bond acceptors (Lipinski definition) is 5. The van der Waals surface area contributed by atoms with E-state index in [9.17, 15) is 0 Å². The Bertz CT molecular complexity index is 537. The maximum absolute atomic E-state index is 5.94. The number of nitrogens with zero attached hydrogens (tertiary/aromatic N) is 3. The first-order valence-corrected chi connectivity index (χ1v) is 6.28. The van der Waals surface area contributed by atoms with Crippen LogP contribution in [0.2, 0.25) is 5.22 Å². The summed E-state index contributed by atoms with van der Waals surface area (Å²) < 4.78 is 5.03. The fraction of sp³-hybridized carbons (Fsp3) is 0.455. The van der Waals surface area contributed by atoms with E-state index in [1.807, 2.05) is 0 Å². The summed E-state index contributed by atoms with van der Waals surface area (Å²) in [5.41, 5.74) is 6.66. The van der Waals surface area contributed by atoms with E-state index < -0.39 is 0 Å². The summed E-state index contributed by atoms with van der Waals surface area (Å²) in [6.07, 6.45) is 3.65. The normalized spacial score (nSPS) is 20.3. The van der Waals surface area contributed by atoms with Crippen molar-refractivity contribution in [2.24, 2.45) is 5.73 Å². The smallest absolute Gasteiger partial charge is 0.245 e. The van der Waals surface area contributed by atoms with Crippen LogP contribution in [0.5, 0.6) is 0 Å². The van der Waals surface area contributed by atoms with Gasteiger partial charge >= 0.3 is 0 Å². The van der Waals surface area contributed by atoms with Gasteiger partial charge in [0.1, 0.15) is 0 Å². The number of aromatic amines is 1. The first-order chi connectivity index (χ1) is 8.74. The van der Waals surface area contributed by atoms with Gasteiger partial charge in [0.2, 0.25) is 11.2 Å². The molecule has 3 heterocycles. The minimum atomic E-state index is 0.193. The van der Waals surface area contributed by atoms with Crippen LogP contribution in [0.4, 0.5) is 5.95 Å². The Morgan fingerprint density at radius 2 is 2.44 bits per heavy atom. The number of H-pyrrole nitrogens is 1. The minimum Gasteiger partial charge on any atom is -0.452 e. The fourth-order valence-corrected chi connectivity index (χ4v) is 2.37. The number of piperidine rings is 1. The lowest BCUT2D eigenvalue weighted by atomic mass is 10.1. The zero-order valence-corrected chi connectivity index (χ0v) is 10.5. The van der Waals surface area contributed by atoms with Crippen LogP contribution in [0, 0.1) is 0 Å². The van der Waals surface area contributed by atoms with Crippen molar-refractivity contribution in [3.63, 3.8) is 0 Å². The summed E-state index contributed by atoms with van der Waals surface area (Å²) in [4.78, 5) is 6.52. The first kappa shape index (κ1) is 11.6. The van der Waals surface area contributed by atoms with Crippen LogP contribution < -0.4 is 10.6 Å². The van der Waals surface area contributed by atoms with Gasteiger partial charge in [-0.25, -0.2) is 0 Å². The Hall–Kier alpha value is -1.53. The van der Waals surface area contributed by atoms with Crippen LogP contribution in [-0.4, -0.2) is 34.3 Å². The molecule has 2 aromatic rings. The van der Waals surface area contributed by atoms with Crippen molar-refractivity contribution in [3.05, 3.63) is 17.5 Å². The topological polar surface area (TPSA) is 84.0 Å². The van der Waals surface area contributed by atoms with E-state index in [2.05, 4.69) is 20.1 Å². The molecule has 0 saturated carbocycles. The highest BCUT2D eigenvalue weighted by Gasteiger charge is 2.21. The van der Waals surface area contributed by atoms with Crippen molar-refractivity contribution in [2.45, 2.75) is 18.9 Å². The third-order valence-electron chi connectivity index (χ3n) is 3.09. The number of halogens is 1. The van der Waals surface area contributed by atoms with E-state index in [1.54, 1.807) is 6.07 Å². The third kappa shape index (κ3) is 2.09. The summed E-state index contributed by atoms with van der Waals surface area (Å²) in [5.74, 6) is 1.28. The molecule has 2 aromatic heterocycles. The molecule has 3 rings (SSSR count). The van der Waals surface area contributed by atoms with Gasteiger partial charge in [0.15, 0.2) is 5.82 Å². The van der Waals surface area contributed by atoms with Crippen molar-refractivity contribution in [2.75, 3.05) is 18.0 Å². The molecular formula is C11H14ClN5O. The maximum atomic E-state index is 5.94. The molecule has 3 N–H and O–H groups in total. The summed E-state index contributed by atoms with van der Waals surface area (Å²) in [7, 11) is 0. The van der Waals surface area contributed by atoms with Crippen molar-refractivity contribution in [1.29, 1.82) is 0 Å². The van der Waals surface area contributed by atoms with E-state index >= 15 is 0 Å². The number of nitrogens with one attached hydrogen (secondary N) is 1. The van der Waals surface area contributed by atoms with Gasteiger partial charge < -0.3 is 15.1 Å². The lowest BCUT2D eigenvalue weighted by Gasteiger charge is -2.29. The average Bonchev–Trinajstić information content (AvgIpc) is 2.97. The van der Waals surface area contributed by atoms with Crippen molar-refractivity contribution >= 4 is 17.5 Å². The largest absolute Gasteiger partial charge is 0.452 e. The molecule has 6 nitrogen and oxygen atoms in total. The molecule has 0 amide bonds. The second-order valence-electron chi connectivity index (χ2n) is 4.44. The second kappa shape index (κ2) is 4.62. The predicted molar refractivity (Wildman–Crippen MR) is 68.5 cm³/mol. The van der Waals surface area contributed by atoms with E-state index in [1.165, 1.54) is 6.26 Å². The quantitative estimate of drug-likeness (QED) is 0.864. The van der Waals surface area contributed by atoms with Crippen molar-refractivity contribution in [3.8, 4) is 11.4 Å². The summed E-state index contributed by atoms with van der Waals surface area (Å²) in [5, 5.41) is 7.39. The third-order valence-corrected chi connectivity index (χ3v) is 3.38. The van der Waals surface area contributed by atoms with Gasteiger partial charge in [0, 0.05) is 19.1 Å². The Morgan fingerprint density at radius 3 is 3.17 bits per heavy atom. The predicted octanol–water partition coefficient (Wildman–Crippen LogP) is 1.65. The highest BCUT2D eigenvalue weighted by molar-refractivity contribution is 6.31. The number of hydrogen-bond donors (Lipinski definition) is 2. The van der Waals surface area contributed by atoms with Gasteiger partial charge in [0.25, 0.3) is 0 Å². The maximum Gasteiger partial charge on any atom is 0.245 e. The Labute approximate surface area is 109 Å². The van der Waals surface area contributed by atoms with Gasteiger partial charge in [-0.3, -0.25) is 5.10 Å². The summed E-state index contributed by atoms with van der Waals surface area (Å²) >= 11 is 5.90. The zero-order valence-electron chi connectivity index (χ0n) is 9.77. The van der Waals surface area contributed by atoms with Crippen LogP contribution >= 0.6 is 11.6 Å². The van der Waals surface area contributed by atoms with Crippen LogP contribution in [0.25, 0.3) is 11.4 Å². The number of anilines is 1. The molecule has 1 fully saturated rings. The monoisotopic (exact) mass is 267 g/mol. The molecule has 0 bridgehead atoms. The molecule has 7 heteroatoms. The molecule has 18 heavy (non-hydrogen) atoms. The van der Waals surface area contributed by atoms with Crippen LogP contribution in [0.1, 0.15) is 12.8 Å². The van der Waals surface area contributed by atoms with E-state index in [4.69, 9.17) is 21.8 Å². The van der Waals surface area contributed by atoms with E-state index in [0.29, 0.717) is 17.0 Å².